The van der Waals surface area contributed by atoms with Gasteiger partial charge < -0.3 is 9.13 Å². The van der Waals surface area contributed by atoms with Crippen molar-refractivity contribution in [2.75, 3.05) is 0 Å². The van der Waals surface area contributed by atoms with E-state index in [0.29, 0.717) is 0 Å². The molecule has 0 bridgehead atoms. The third-order valence-corrected chi connectivity index (χ3v) is 11.2. The van der Waals surface area contributed by atoms with Gasteiger partial charge in [-0.05, 0) is 76.9 Å². The Labute approximate surface area is 311 Å². The summed E-state index contributed by atoms with van der Waals surface area (Å²) in [5, 5.41) is 4.93. The molecular formula is C49H33BrN2. The van der Waals surface area contributed by atoms with Gasteiger partial charge in [0.2, 0.25) is 0 Å². The van der Waals surface area contributed by atoms with Gasteiger partial charge in [-0.3, -0.25) is 0 Å². The van der Waals surface area contributed by atoms with Gasteiger partial charge in [0, 0.05) is 37.4 Å². The Morgan fingerprint density at radius 3 is 1.38 bits per heavy atom. The van der Waals surface area contributed by atoms with Gasteiger partial charge in [-0.1, -0.05) is 162 Å². The zero-order valence-corrected chi connectivity index (χ0v) is 29.9. The first-order chi connectivity index (χ1) is 25.7. The van der Waals surface area contributed by atoms with Gasteiger partial charge in [0.05, 0.1) is 27.5 Å². The van der Waals surface area contributed by atoms with Crippen LogP contribution in [0.1, 0.15) is 22.3 Å². The Hall–Kier alpha value is -6.16. The zero-order chi connectivity index (χ0) is 34.6. The lowest BCUT2D eigenvalue weighted by atomic mass is 9.65. The van der Waals surface area contributed by atoms with Crippen LogP contribution >= 0.6 is 15.9 Å². The SMILES string of the molecule is Brc1cccc(-n2c3ccccc3c3cc(-n4c5ccccc5c5ccc(C(c6ccccc6)(c6ccccc6)c6ccccc6)cc54)ccc32)c1. The van der Waals surface area contributed by atoms with Crippen LogP contribution in [0.3, 0.4) is 0 Å². The normalized spacial score (nSPS) is 11.9. The predicted octanol–water partition coefficient (Wildman–Crippen LogP) is 13.0. The van der Waals surface area contributed by atoms with E-state index in [1.165, 1.54) is 65.9 Å². The first-order valence-electron chi connectivity index (χ1n) is 17.7. The number of benzene rings is 8. The second-order valence-corrected chi connectivity index (χ2v) is 14.4. The smallest absolute Gasteiger partial charge is 0.0702 e. The van der Waals surface area contributed by atoms with E-state index in [2.05, 4.69) is 225 Å². The van der Waals surface area contributed by atoms with Crippen molar-refractivity contribution in [2.24, 2.45) is 0 Å². The molecule has 0 saturated heterocycles. The third kappa shape index (κ3) is 4.63. The molecule has 0 aliphatic rings. The highest BCUT2D eigenvalue weighted by Crippen LogP contribution is 2.47. The topological polar surface area (TPSA) is 9.86 Å². The highest BCUT2D eigenvalue weighted by atomic mass is 79.9. The molecular weight excluding hydrogens is 696 g/mol. The van der Waals surface area contributed by atoms with E-state index >= 15 is 0 Å². The molecule has 0 N–H and O–H groups in total. The molecule has 52 heavy (non-hydrogen) atoms. The molecule has 0 fully saturated rings. The maximum absolute atomic E-state index is 3.71. The Kier molecular flexibility index (Phi) is 7.23. The maximum Gasteiger partial charge on any atom is 0.0702 e. The monoisotopic (exact) mass is 728 g/mol. The molecule has 0 amide bonds. The number of halogens is 1. The van der Waals surface area contributed by atoms with Crippen molar-refractivity contribution in [3.63, 3.8) is 0 Å². The van der Waals surface area contributed by atoms with E-state index in [-0.39, 0.29) is 0 Å². The van der Waals surface area contributed by atoms with Crippen molar-refractivity contribution in [1.82, 2.24) is 9.13 Å². The van der Waals surface area contributed by atoms with Crippen LogP contribution in [0, 0.1) is 0 Å². The Morgan fingerprint density at radius 1 is 0.308 bits per heavy atom. The summed E-state index contributed by atoms with van der Waals surface area (Å²) >= 11 is 3.71. The van der Waals surface area contributed by atoms with Crippen LogP contribution in [0.25, 0.3) is 55.0 Å². The molecule has 0 spiro atoms. The second-order valence-electron chi connectivity index (χ2n) is 13.5. The first-order valence-corrected chi connectivity index (χ1v) is 18.5. The molecule has 246 valence electrons. The Balaban J connectivity index is 1.28. The molecule has 2 aromatic heterocycles. The fraction of sp³-hybridized carbons (Fsp3) is 0.0204. The van der Waals surface area contributed by atoms with Crippen LogP contribution in [-0.4, -0.2) is 9.13 Å². The fourth-order valence-electron chi connectivity index (χ4n) is 8.54. The molecule has 10 rings (SSSR count). The number of hydrogen-bond acceptors (Lipinski definition) is 0. The van der Waals surface area contributed by atoms with E-state index in [9.17, 15) is 0 Å². The number of fused-ring (bicyclic) bond motifs is 6. The van der Waals surface area contributed by atoms with E-state index in [1.807, 2.05) is 0 Å². The molecule has 0 atom stereocenters. The van der Waals surface area contributed by atoms with Gasteiger partial charge in [-0.25, -0.2) is 0 Å². The van der Waals surface area contributed by atoms with Gasteiger partial charge in [-0.2, -0.15) is 0 Å². The van der Waals surface area contributed by atoms with Crippen molar-refractivity contribution >= 4 is 59.5 Å². The molecule has 8 aromatic carbocycles. The van der Waals surface area contributed by atoms with Crippen molar-refractivity contribution in [2.45, 2.75) is 5.41 Å². The number of rotatable bonds is 6. The van der Waals surface area contributed by atoms with E-state index in [0.717, 1.165) is 15.8 Å². The van der Waals surface area contributed by atoms with Crippen molar-refractivity contribution in [3.05, 3.63) is 227 Å². The molecule has 0 radical (unpaired) electrons. The number of nitrogens with zero attached hydrogens (tertiary/aromatic N) is 2. The lowest BCUT2D eigenvalue weighted by Crippen LogP contribution is -2.31. The average molecular weight is 730 g/mol. The molecule has 3 heteroatoms. The summed E-state index contributed by atoms with van der Waals surface area (Å²) in [4.78, 5) is 0. The largest absolute Gasteiger partial charge is 0.309 e. The van der Waals surface area contributed by atoms with Crippen LogP contribution in [0.15, 0.2) is 205 Å². The van der Waals surface area contributed by atoms with Crippen molar-refractivity contribution < 1.29 is 0 Å². The molecule has 2 nitrogen and oxygen atoms in total. The lowest BCUT2D eigenvalue weighted by Gasteiger charge is -2.37. The van der Waals surface area contributed by atoms with Crippen molar-refractivity contribution in [3.8, 4) is 11.4 Å². The summed E-state index contributed by atoms with van der Waals surface area (Å²) in [6.45, 7) is 0. The number of hydrogen-bond donors (Lipinski definition) is 0. The highest BCUT2D eigenvalue weighted by molar-refractivity contribution is 9.10. The molecule has 0 saturated carbocycles. The highest BCUT2D eigenvalue weighted by Gasteiger charge is 2.38. The average Bonchev–Trinajstić information content (AvgIpc) is 3.72. The third-order valence-electron chi connectivity index (χ3n) is 10.7. The summed E-state index contributed by atoms with van der Waals surface area (Å²) in [6, 6.07) is 73.1. The zero-order valence-electron chi connectivity index (χ0n) is 28.3. The Bertz CT molecular complexity index is 2810. The molecule has 0 aliphatic heterocycles. The second kappa shape index (κ2) is 12.3. The lowest BCUT2D eigenvalue weighted by molar-refractivity contribution is 0.746. The van der Waals surface area contributed by atoms with Crippen LogP contribution in [-0.2, 0) is 5.41 Å². The molecule has 0 unspecified atom stereocenters. The van der Waals surface area contributed by atoms with E-state index in [1.54, 1.807) is 0 Å². The summed E-state index contributed by atoms with van der Waals surface area (Å²) in [5.41, 5.74) is 11.4. The number of aromatic nitrogens is 2. The Morgan fingerprint density at radius 2 is 0.788 bits per heavy atom. The van der Waals surface area contributed by atoms with Gasteiger partial charge in [0.15, 0.2) is 0 Å². The van der Waals surface area contributed by atoms with Gasteiger partial charge in [0.1, 0.15) is 0 Å². The maximum atomic E-state index is 3.71. The van der Waals surface area contributed by atoms with Crippen LogP contribution in [0.4, 0.5) is 0 Å². The minimum absolute atomic E-state index is 0.541. The summed E-state index contributed by atoms with van der Waals surface area (Å²) < 4.78 is 5.90. The van der Waals surface area contributed by atoms with Crippen LogP contribution in [0.5, 0.6) is 0 Å². The summed E-state index contributed by atoms with van der Waals surface area (Å²) in [5.74, 6) is 0. The standard InChI is InChI=1S/C49H33BrN2/c50-38-21-14-22-39(32-38)51-46-26-13-11-24-42(46)44-33-40(28-30-47(44)51)52-45-25-12-10-23-41(45)43-29-27-37(31-48(43)52)49(34-15-4-1-5-16-34,35-17-6-2-7-18-35)36-19-8-3-9-20-36/h1-33H. The predicted molar refractivity (Wildman–Crippen MR) is 221 cm³/mol. The fourth-order valence-corrected chi connectivity index (χ4v) is 8.93. The summed E-state index contributed by atoms with van der Waals surface area (Å²) in [7, 11) is 0. The van der Waals surface area contributed by atoms with Crippen molar-refractivity contribution in [1.29, 1.82) is 0 Å². The van der Waals surface area contributed by atoms with Crippen LogP contribution < -0.4 is 0 Å². The van der Waals surface area contributed by atoms with Gasteiger partial charge in [-0.15, -0.1) is 0 Å². The number of para-hydroxylation sites is 2. The van der Waals surface area contributed by atoms with E-state index < -0.39 is 5.41 Å². The van der Waals surface area contributed by atoms with E-state index in [4.69, 9.17) is 0 Å². The summed E-state index contributed by atoms with van der Waals surface area (Å²) in [6.07, 6.45) is 0. The van der Waals surface area contributed by atoms with Crippen LogP contribution in [0.2, 0.25) is 0 Å². The minimum Gasteiger partial charge on any atom is -0.309 e. The molecule has 10 aromatic rings. The molecule has 0 aliphatic carbocycles. The van der Waals surface area contributed by atoms with Gasteiger partial charge in [0.25, 0.3) is 0 Å². The quantitative estimate of drug-likeness (QED) is 0.151. The molecule has 2 heterocycles. The first kappa shape index (κ1) is 30.6. The van der Waals surface area contributed by atoms with Gasteiger partial charge >= 0.3 is 0 Å². The minimum atomic E-state index is -0.541.